The minimum absolute atomic E-state index is 0. The number of nitrogens with one attached hydrogen (secondary N) is 1. The molecule has 3 rings (SSSR count). The first-order valence-corrected chi connectivity index (χ1v) is 11.0. The van der Waals surface area contributed by atoms with Crippen LogP contribution >= 0.6 is 11.3 Å². The Morgan fingerprint density at radius 2 is 1.67 bits per heavy atom. The number of unbranched alkanes of at least 4 members (excludes halogenated alkanes) is 1. The van der Waals surface area contributed by atoms with Gasteiger partial charge in [0.1, 0.15) is 11.9 Å². The van der Waals surface area contributed by atoms with Gasteiger partial charge in [-0.05, 0) is 36.5 Å². The van der Waals surface area contributed by atoms with Crippen molar-refractivity contribution in [2.75, 3.05) is 13.6 Å². The molecule has 1 heterocycles. The summed E-state index contributed by atoms with van der Waals surface area (Å²) in [5.74, 6) is 0.961. The Morgan fingerprint density at radius 3 is 2.30 bits per heavy atom. The fourth-order valence-corrected chi connectivity index (χ4v) is 3.25. The molecule has 2 nitrogen and oxygen atoms in total. The van der Waals surface area contributed by atoms with Gasteiger partial charge in [0.05, 0.1) is 0 Å². The van der Waals surface area contributed by atoms with Crippen LogP contribution in [0.2, 0.25) is 0 Å². The van der Waals surface area contributed by atoms with E-state index < -0.39 is 0 Å². The molecule has 1 atom stereocenters. The third-order valence-electron chi connectivity index (χ3n) is 4.04. The molecule has 0 aliphatic carbocycles. The average Bonchev–Trinajstić information content (AvgIpc) is 3.27. The lowest BCUT2D eigenvalue weighted by Crippen LogP contribution is -2.15. The molecule has 0 saturated carbocycles. The van der Waals surface area contributed by atoms with Gasteiger partial charge in [0.25, 0.3) is 0 Å². The van der Waals surface area contributed by atoms with Crippen molar-refractivity contribution >= 4 is 22.1 Å². The molecule has 1 aromatic heterocycles. The van der Waals surface area contributed by atoms with E-state index in [0.29, 0.717) is 0 Å². The van der Waals surface area contributed by atoms with Gasteiger partial charge >= 0.3 is 0 Å². The summed E-state index contributed by atoms with van der Waals surface area (Å²) in [6.07, 6.45) is 3.70. The zero-order valence-corrected chi connectivity index (χ0v) is 18.3. The van der Waals surface area contributed by atoms with Crippen molar-refractivity contribution in [2.24, 2.45) is 0 Å². The molecule has 0 radical (unpaired) electrons. The van der Waals surface area contributed by atoms with E-state index in [0.717, 1.165) is 18.7 Å². The maximum Gasteiger partial charge on any atom is 0.134 e. The maximum atomic E-state index is 6.34. The van der Waals surface area contributed by atoms with Gasteiger partial charge in [-0.25, -0.2) is 0 Å². The maximum absolute atomic E-state index is 6.34. The molecule has 150 valence electrons. The van der Waals surface area contributed by atoms with Crippen molar-refractivity contribution in [1.82, 2.24) is 5.32 Å². The van der Waals surface area contributed by atoms with E-state index in [4.69, 9.17) is 4.74 Å². The largest absolute Gasteiger partial charge is 0.484 e. The zero-order chi connectivity index (χ0) is 19.9. The second-order valence-electron chi connectivity index (χ2n) is 5.99. The lowest BCUT2D eigenvalue weighted by molar-refractivity contribution is 0.201. The molecule has 0 aliphatic heterocycles. The Hall–Kier alpha value is -1.84. The molecule has 0 saturated heterocycles. The smallest absolute Gasteiger partial charge is 0.134 e. The van der Waals surface area contributed by atoms with Crippen molar-refractivity contribution in [3.8, 4) is 5.75 Å². The minimum atomic E-state index is 0. The number of thiophene rings is 1. The molecule has 3 heteroatoms. The van der Waals surface area contributed by atoms with Crippen molar-refractivity contribution in [3.05, 3.63) is 64.9 Å². The number of hydrogen-bond acceptors (Lipinski definition) is 3. The van der Waals surface area contributed by atoms with Crippen LogP contribution in [0, 0.1) is 0 Å². The van der Waals surface area contributed by atoms with Crippen LogP contribution in [-0.4, -0.2) is 13.6 Å². The number of rotatable bonds is 7. The number of hydrogen-bond donors (Lipinski definition) is 1. The van der Waals surface area contributed by atoms with E-state index in [-0.39, 0.29) is 7.53 Å². The van der Waals surface area contributed by atoms with Crippen LogP contribution in [0.15, 0.2) is 60.0 Å². The van der Waals surface area contributed by atoms with Gasteiger partial charge in [0, 0.05) is 18.1 Å². The zero-order valence-electron chi connectivity index (χ0n) is 17.5. The summed E-state index contributed by atoms with van der Waals surface area (Å²) in [5, 5.41) is 7.70. The van der Waals surface area contributed by atoms with E-state index in [1.54, 1.807) is 11.3 Å². The molecule has 0 bridgehead atoms. The van der Waals surface area contributed by atoms with Crippen LogP contribution < -0.4 is 10.1 Å². The summed E-state index contributed by atoms with van der Waals surface area (Å²) in [5.41, 5.74) is 0. The molecule has 3 aromatic rings. The van der Waals surface area contributed by atoms with E-state index in [1.165, 1.54) is 28.5 Å². The Labute approximate surface area is 171 Å². The molecular formula is C24H37NOS. The number of ether oxygens (including phenoxy) is 1. The summed E-state index contributed by atoms with van der Waals surface area (Å²) in [7, 11) is 1.98. The van der Waals surface area contributed by atoms with Crippen LogP contribution in [0.3, 0.4) is 0 Å². The van der Waals surface area contributed by atoms with Gasteiger partial charge in [0.15, 0.2) is 0 Å². The number of benzene rings is 2. The second kappa shape index (κ2) is 14.2. The van der Waals surface area contributed by atoms with E-state index >= 15 is 0 Å². The summed E-state index contributed by atoms with van der Waals surface area (Å²) in [4.78, 5) is 1.28. The summed E-state index contributed by atoms with van der Waals surface area (Å²) in [6, 6.07) is 18.8. The highest BCUT2D eigenvalue weighted by molar-refractivity contribution is 7.10. The van der Waals surface area contributed by atoms with Gasteiger partial charge in [-0.2, -0.15) is 0 Å². The topological polar surface area (TPSA) is 21.3 Å². The first-order valence-electron chi connectivity index (χ1n) is 10.1. The normalized spacial score (nSPS) is 11.0. The summed E-state index contributed by atoms with van der Waals surface area (Å²) in [6.45, 7) is 9.30. The lowest BCUT2D eigenvalue weighted by atomic mass is 10.1. The minimum Gasteiger partial charge on any atom is -0.484 e. The lowest BCUT2D eigenvalue weighted by Gasteiger charge is -2.19. The molecule has 0 fully saturated rings. The summed E-state index contributed by atoms with van der Waals surface area (Å²) >= 11 is 1.75. The highest BCUT2D eigenvalue weighted by Crippen LogP contribution is 2.32. The quantitative estimate of drug-likeness (QED) is 0.448. The van der Waals surface area contributed by atoms with Crippen molar-refractivity contribution in [1.29, 1.82) is 0 Å². The Kier molecular flexibility index (Phi) is 12.2. The van der Waals surface area contributed by atoms with Crippen molar-refractivity contribution in [2.45, 2.75) is 53.1 Å². The molecule has 2 aromatic carbocycles. The van der Waals surface area contributed by atoms with Gasteiger partial charge in [0.2, 0.25) is 0 Å². The van der Waals surface area contributed by atoms with E-state index in [1.807, 2.05) is 20.9 Å². The fourth-order valence-electron chi connectivity index (χ4n) is 2.46. The first-order chi connectivity index (χ1) is 13.3. The predicted octanol–water partition coefficient (Wildman–Crippen LogP) is 7.71. The van der Waals surface area contributed by atoms with Gasteiger partial charge in [-0.3, -0.25) is 0 Å². The molecule has 0 unspecified atom stereocenters. The Morgan fingerprint density at radius 1 is 0.963 bits per heavy atom. The molecule has 0 aliphatic rings. The standard InChI is InChI=1S/C18H19NOS.C4H10.C2H6.H2/c1-19-12-11-17(18-10-5-13-21-18)20-16-9-4-7-14-6-2-3-8-15(14)16;1-3-4-2;1-2;/h2-10,13,17,19H,11-12H2,1H3;3-4H2,1-2H3;1-2H3;1H/t17-;;;/m0.../s1. The summed E-state index contributed by atoms with van der Waals surface area (Å²) < 4.78 is 6.34. The van der Waals surface area contributed by atoms with E-state index in [9.17, 15) is 0 Å². The molecule has 1 N–H and O–H groups in total. The molecule has 0 spiro atoms. The fraction of sp³-hybridized carbons (Fsp3) is 0.417. The number of fused-ring (bicyclic) bond motifs is 1. The Balaban J connectivity index is 0.000000931. The van der Waals surface area contributed by atoms with Crippen LogP contribution in [0.4, 0.5) is 0 Å². The van der Waals surface area contributed by atoms with Crippen LogP contribution in [0.1, 0.15) is 59.4 Å². The SMILES string of the molecule is CC.CCCC.CNCC[C@H](Oc1cccc2ccccc12)c1cccs1.[HH]. The molecule has 27 heavy (non-hydrogen) atoms. The van der Waals surface area contributed by atoms with Crippen LogP contribution in [0.25, 0.3) is 10.8 Å². The Bertz CT molecular complexity index is 723. The van der Waals surface area contributed by atoms with Crippen LogP contribution in [-0.2, 0) is 0 Å². The van der Waals surface area contributed by atoms with Crippen molar-refractivity contribution in [3.63, 3.8) is 0 Å². The highest BCUT2D eigenvalue weighted by Gasteiger charge is 2.15. The van der Waals surface area contributed by atoms with Crippen LogP contribution in [0.5, 0.6) is 5.75 Å². The third-order valence-corrected chi connectivity index (χ3v) is 5.00. The third kappa shape index (κ3) is 7.74. The van der Waals surface area contributed by atoms with Gasteiger partial charge in [-0.1, -0.05) is 83.0 Å². The second-order valence-corrected chi connectivity index (χ2v) is 6.97. The molecular weight excluding hydrogens is 350 g/mol. The monoisotopic (exact) mass is 387 g/mol. The van der Waals surface area contributed by atoms with Gasteiger partial charge < -0.3 is 10.1 Å². The predicted molar refractivity (Wildman–Crippen MR) is 124 cm³/mol. The highest BCUT2D eigenvalue weighted by atomic mass is 32.1. The molecule has 0 amide bonds. The first kappa shape index (κ1) is 23.2. The van der Waals surface area contributed by atoms with E-state index in [2.05, 4.69) is 79.1 Å². The van der Waals surface area contributed by atoms with Crippen molar-refractivity contribution < 1.29 is 6.16 Å². The average molecular weight is 388 g/mol. The van der Waals surface area contributed by atoms with Gasteiger partial charge in [-0.15, -0.1) is 11.3 Å².